The number of ether oxygens (including phenoxy) is 1. The molecule has 1 N–H and O–H groups in total. The quantitative estimate of drug-likeness (QED) is 0.470. The molecule has 0 aliphatic carbocycles. The Morgan fingerprint density at radius 1 is 1.04 bits per heavy atom. The van der Waals surface area contributed by atoms with Crippen LogP contribution in [0.15, 0.2) is 42.5 Å². The molecule has 4 aromatic rings. The highest BCUT2D eigenvalue weighted by atomic mass is 32.1. The van der Waals surface area contributed by atoms with Crippen molar-refractivity contribution in [2.75, 3.05) is 6.61 Å². The molecule has 3 heteroatoms. The summed E-state index contributed by atoms with van der Waals surface area (Å²) in [6.07, 6.45) is 0.125. The van der Waals surface area contributed by atoms with E-state index in [1.807, 2.05) is 11.3 Å². The van der Waals surface area contributed by atoms with Crippen LogP contribution in [0.4, 0.5) is 0 Å². The van der Waals surface area contributed by atoms with Gasteiger partial charge in [0.25, 0.3) is 0 Å². The summed E-state index contributed by atoms with van der Waals surface area (Å²) in [5, 5.41) is 4.00. The maximum Gasteiger partial charge on any atom is 0.102 e. The summed E-state index contributed by atoms with van der Waals surface area (Å²) in [6.45, 7) is 7.29. The average Bonchev–Trinajstić information content (AvgIpc) is 3.07. The summed E-state index contributed by atoms with van der Waals surface area (Å²) in [5.74, 6) is 0.559. The lowest BCUT2D eigenvalue weighted by atomic mass is 10.1. The van der Waals surface area contributed by atoms with Crippen LogP contribution in [0.2, 0.25) is 0 Å². The smallest absolute Gasteiger partial charge is 0.102 e. The second-order valence-electron chi connectivity index (χ2n) is 6.60. The van der Waals surface area contributed by atoms with Gasteiger partial charge in [-0.2, -0.15) is 0 Å². The molecule has 23 heavy (non-hydrogen) atoms. The van der Waals surface area contributed by atoms with Crippen LogP contribution in [-0.2, 0) is 4.74 Å². The zero-order valence-electron chi connectivity index (χ0n) is 13.7. The normalized spacial score (nSPS) is 13.6. The largest absolute Gasteiger partial charge is 0.374 e. The Morgan fingerprint density at radius 2 is 1.87 bits per heavy atom. The first-order valence-corrected chi connectivity index (χ1v) is 8.99. The number of fused-ring (bicyclic) bond motifs is 5. The predicted molar refractivity (Wildman–Crippen MR) is 100 cm³/mol. The second kappa shape index (κ2) is 5.66. The van der Waals surface area contributed by atoms with Gasteiger partial charge < -0.3 is 9.72 Å². The van der Waals surface area contributed by atoms with Crippen molar-refractivity contribution in [1.82, 2.24) is 4.98 Å². The van der Waals surface area contributed by atoms with Crippen molar-refractivity contribution in [2.24, 2.45) is 5.92 Å². The van der Waals surface area contributed by atoms with E-state index in [0.29, 0.717) is 5.92 Å². The Bertz CT molecular complexity index is 979. The van der Waals surface area contributed by atoms with Crippen LogP contribution < -0.4 is 0 Å². The molecule has 2 nitrogen and oxygen atoms in total. The lowest BCUT2D eigenvalue weighted by Gasteiger charge is -2.15. The Balaban J connectivity index is 1.79. The maximum absolute atomic E-state index is 5.95. The SMILES string of the molecule is CC(C)COC(C)c1ccc2c(c1)[nH]c1sc3ccccc3c12. The number of hydrogen-bond donors (Lipinski definition) is 1. The van der Waals surface area contributed by atoms with E-state index in [2.05, 4.69) is 68.2 Å². The van der Waals surface area contributed by atoms with Crippen LogP contribution in [0.3, 0.4) is 0 Å². The number of aromatic amines is 1. The first-order valence-electron chi connectivity index (χ1n) is 8.18. The van der Waals surface area contributed by atoms with Crippen LogP contribution in [0.5, 0.6) is 0 Å². The van der Waals surface area contributed by atoms with Crippen molar-refractivity contribution in [2.45, 2.75) is 26.9 Å². The number of benzene rings is 2. The number of thiophene rings is 1. The maximum atomic E-state index is 5.95. The van der Waals surface area contributed by atoms with Crippen LogP contribution in [0, 0.1) is 5.92 Å². The van der Waals surface area contributed by atoms with E-state index in [0.717, 1.165) is 6.61 Å². The fourth-order valence-corrected chi connectivity index (χ4v) is 4.22. The Hall–Kier alpha value is -1.84. The molecule has 0 spiro atoms. The second-order valence-corrected chi connectivity index (χ2v) is 7.65. The highest BCUT2D eigenvalue weighted by Crippen LogP contribution is 2.39. The predicted octanol–water partition coefficient (Wildman–Crippen LogP) is 6.27. The monoisotopic (exact) mass is 323 g/mol. The highest BCUT2D eigenvalue weighted by Gasteiger charge is 2.13. The molecule has 2 aromatic carbocycles. The fraction of sp³-hybridized carbons (Fsp3) is 0.300. The molecule has 118 valence electrons. The van der Waals surface area contributed by atoms with Gasteiger partial charge in [0.15, 0.2) is 0 Å². The Morgan fingerprint density at radius 3 is 2.70 bits per heavy atom. The molecule has 0 saturated heterocycles. The fourth-order valence-electron chi connectivity index (χ4n) is 3.09. The van der Waals surface area contributed by atoms with E-state index in [9.17, 15) is 0 Å². The molecule has 0 amide bonds. The minimum absolute atomic E-state index is 0.125. The summed E-state index contributed by atoms with van der Waals surface area (Å²) in [4.78, 5) is 4.85. The Labute approximate surface area is 140 Å². The first kappa shape index (κ1) is 14.7. The summed E-state index contributed by atoms with van der Waals surface area (Å²) < 4.78 is 7.29. The van der Waals surface area contributed by atoms with Crippen molar-refractivity contribution in [1.29, 1.82) is 0 Å². The number of nitrogens with one attached hydrogen (secondary N) is 1. The van der Waals surface area contributed by atoms with Gasteiger partial charge in [0.1, 0.15) is 4.83 Å². The molecule has 1 atom stereocenters. The third-order valence-corrected chi connectivity index (χ3v) is 5.39. The molecular formula is C20H21NOS. The van der Waals surface area contributed by atoms with E-state index in [1.165, 1.54) is 36.8 Å². The number of rotatable bonds is 4. The van der Waals surface area contributed by atoms with Crippen LogP contribution in [0.1, 0.15) is 32.4 Å². The van der Waals surface area contributed by atoms with Gasteiger partial charge in [0.05, 0.1) is 6.10 Å². The molecule has 2 aromatic heterocycles. The molecule has 0 fully saturated rings. The van der Waals surface area contributed by atoms with Crippen LogP contribution in [0.25, 0.3) is 31.2 Å². The molecule has 0 radical (unpaired) electrons. The Kier molecular flexibility index (Phi) is 3.63. The van der Waals surface area contributed by atoms with Crippen LogP contribution >= 0.6 is 11.3 Å². The van der Waals surface area contributed by atoms with Gasteiger partial charge in [0.2, 0.25) is 0 Å². The van der Waals surface area contributed by atoms with Gasteiger partial charge in [0, 0.05) is 33.0 Å². The van der Waals surface area contributed by atoms with Crippen molar-refractivity contribution in [3.63, 3.8) is 0 Å². The number of aromatic nitrogens is 1. The minimum atomic E-state index is 0.125. The summed E-state index contributed by atoms with van der Waals surface area (Å²) in [6, 6.07) is 15.3. The third kappa shape index (κ3) is 2.54. The topological polar surface area (TPSA) is 25.0 Å². The summed E-state index contributed by atoms with van der Waals surface area (Å²) in [7, 11) is 0. The number of hydrogen-bond acceptors (Lipinski definition) is 2. The van der Waals surface area contributed by atoms with Gasteiger partial charge in [-0.3, -0.25) is 0 Å². The lowest BCUT2D eigenvalue weighted by molar-refractivity contribution is 0.0470. The molecule has 0 aliphatic heterocycles. The molecular weight excluding hydrogens is 302 g/mol. The molecule has 0 bridgehead atoms. The van der Waals surface area contributed by atoms with E-state index in [4.69, 9.17) is 4.74 Å². The standard InChI is InChI=1S/C20H21NOS/c1-12(2)11-22-13(3)14-8-9-15-17(10-14)21-20-19(15)16-6-4-5-7-18(16)23-20/h4-10,12-13,21H,11H2,1-3H3. The molecule has 4 rings (SSSR count). The zero-order valence-corrected chi connectivity index (χ0v) is 14.5. The van der Waals surface area contributed by atoms with E-state index < -0.39 is 0 Å². The zero-order chi connectivity index (χ0) is 16.0. The van der Waals surface area contributed by atoms with Crippen molar-refractivity contribution >= 4 is 42.5 Å². The average molecular weight is 323 g/mol. The highest BCUT2D eigenvalue weighted by molar-refractivity contribution is 7.25. The van der Waals surface area contributed by atoms with Crippen molar-refractivity contribution in [3.8, 4) is 0 Å². The van der Waals surface area contributed by atoms with Crippen LogP contribution in [-0.4, -0.2) is 11.6 Å². The van der Waals surface area contributed by atoms with E-state index in [-0.39, 0.29) is 6.10 Å². The molecule has 0 saturated carbocycles. The summed E-state index contributed by atoms with van der Waals surface area (Å²) >= 11 is 1.83. The van der Waals surface area contributed by atoms with Gasteiger partial charge in [-0.1, -0.05) is 44.2 Å². The molecule has 2 heterocycles. The van der Waals surface area contributed by atoms with Gasteiger partial charge >= 0.3 is 0 Å². The van der Waals surface area contributed by atoms with Gasteiger partial charge in [-0.25, -0.2) is 0 Å². The molecule has 1 unspecified atom stereocenters. The first-order chi connectivity index (χ1) is 11.1. The van der Waals surface area contributed by atoms with Gasteiger partial charge in [-0.15, -0.1) is 11.3 Å². The summed E-state index contributed by atoms with van der Waals surface area (Å²) in [5.41, 5.74) is 2.44. The van der Waals surface area contributed by atoms with E-state index in [1.54, 1.807) is 0 Å². The van der Waals surface area contributed by atoms with Crippen molar-refractivity contribution in [3.05, 3.63) is 48.0 Å². The molecule has 0 aliphatic rings. The van der Waals surface area contributed by atoms with Crippen molar-refractivity contribution < 1.29 is 4.74 Å². The van der Waals surface area contributed by atoms with Gasteiger partial charge in [-0.05, 0) is 30.5 Å². The minimum Gasteiger partial charge on any atom is -0.374 e. The number of H-pyrrole nitrogens is 1. The lowest BCUT2D eigenvalue weighted by Crippen LogP contribution is -2.06. The third-order valence-electron chi connectivity index (χ3n) is 4.31. The van der Waals surface area contributed by atoms with E-state index >= 15 is 0 Å².